The SMILES string of the molecule is O=C(CN1CCN(C(=O)c2sc3cc([N+](=O)[O-])ccc3c2Cl)CC1)Nc1ccccc1F. The number of nitrogens with zero attached hydrogens (tertiary/aromatic N) is 3. The zero-order valence-corrected chi connectivity index (χ0v) is 18.3. The quantitative estimate of drug-likeness (QED) is 0.443. The number of para-hydroxylation sites is 1. The molecule has 0 radical (unpaired) electrons. The number of benzene rings is 2. The van der Waals surface area contributed by atoms with Crippen LogP contribution in [-0.4, -0.2) is 59.3 Å². The van der Waals surface area contributed by atoms with Crippen LogP contribution in [0.5, 0.6) is 0 Å². The zero-order valence-electron chi connectivity index (χ0n) is 16.7. The van der Waals surface area contributed by atoms with E-state index in [1.54, 1.807) is 23.1 Å². The lowest BCUT2D eigenvalue weighted by molar-refractivity contribution is -0.384. The molecule has 1 N–H and O–H groups in total. The maximum absolute atomic E-state index is 13.7. The van der Waals surface area contributed by atoms with Crippen molar-refractivity contribution in [1.29, 1.82) is 0 Å². The van der Waals surface area contributed by atoms with Gasteiger partial charge in [-0.05, 0) is 18.2 Å². The number of nitrogens with one attached hydrogen (secondary N) is 1. The summed E-state index contributed by atoms with van der Waals surface area (Å²) in [5, 5.41) is 14.4. The van der Waals surface area contributed by atoms with E-state index in [9.17, 15) is 24.1 Å². The summed E-state index contributed by atoms with van der Waals surface area (Å²) in [7, 11) is 0. The van der Waals surface area contributed by atoms with E-state index in [-0.39, 0.29) is 34.8 Å². The monoisotopic (exact) mass is 476 g/mol. The molecule has 166 valence electrons. The van der Waals surface area contributed by atoms with Crippen molar-refractivity contribution in [2.75, 3.05) is 38.0 Å². The second kappa shape index (κ2) is 9.19. The molecular weight excluding hydrogens is 459 g/mol. The van der Waals surface area contributed by atoms with E-state index < -0.39 is 10.7 Å². The van der Waals surface area contributed by atoms with Crippen molar-refractivity contribution in [3.8, 4) is 0 Å². The maximum Gasteiger partial charge on any atom is 0.270 e. The fraction of sp³-hybridized carbons (Fsp3) is 0.238. The number of fused-ring (bicyclic) bond motifs is 1. The fourth-order valence-corrected chi connectivity index (χ4v) is 5.03. The van der Waals surface area contributed by atoms with E-state index in [4.69, 9.17) is 11.6 Å². The second-order valence-electron chi connectivity index (χ2n) is 7.28. The van der Waals surface area contributed by atoms with E-state index in [1.807, 2.05) is 4.90 Å². The predicted molar refractivity (Wildman–Crippen MR) is 121 cm³/mol. The van der Waals surface area contributed by atoms with Gasteiger partial charge in [0.2, 0.25) is 5.91 Å². The highest BCUT2D eigenvalue weighted by atomic mass is 35.5. The average molecular weight is 477 g/mol. The Balaban J connectivity index is 1.37. The molecule has 0 atom stereocenters. The molecular formula is C21H18ClFN4O4S. The number of hydrogen-bond acceptors (Lipinski definition) is 6. The third-order valence-electron chi connectivity index (χ3n) is 5.19. The molecule has 0 unspecified atom stereocenters. The summed E-state index contributed by atoms with van der Waals surface area (Å²) in [6, 6.07) is 10.3. The van der Waals surface area contributed by atoms with Crippen LogP contribution in [0.2, 0.25) is 5.02 Å². The lowest BCUT2D eigenvalue weighted by Gasteiger charge is -2.34. The molecule has 32 heavy (non-hydrogen) atoms. The molecule has 0 spiro atoms. The molecule has 0 saturated carbocycles. The Hall–Kier alpha value is -3.08. The number of halogens is 2. The molecule has 2 heterocycles. The van der Waals surface area contributed by atoms with Crippen LogP contribution < -0.4 is 5.32 Å². The standard InChI is InChI=1S/C21H18ClFN4O4S/c22-19-14-6-5-13(27(30)31)11-17(14)32-20(19)21(29)26-9-7-25(8-10-26)12-18(28)24-16-4-2-1-3-15(16)23/h1-6,11H,7-10,12H2,(H,24,28). The van der Waals surface area contributed by atoms with Gasteiger partial charge in [0.25, 0.3) is 11.6 Å². The molecule has 1 saturated heterocycles. The van der Waals surface area contributed by atoms with E-state index in [0.717, 1.165) is 11.3 Å². The van der Waals surface area contributed by atoms with Gasteiger partial charge in [-0.25, -0.2) is 4.39 Å². The van der Waals surface area contributed by atoms with Crippen molar-refractivity contribution < 1.29 is 18.9 Å². The number of nitro benzene ring substituents is 1. The Morgan fingerprint density at radius 2 is 1.88 bits per heavy atom. The van der Waals surface area contributed by atoms with Crippen molar-refractivity contribution in [3.63, 3.8) is 0 Å². The zero-order chi connectivity index (χ0) is 22.8. The number of rotatable bonds is 5. The number of anilines is 1. The van der Waals surface area contributed by atoms with E-state index >= 15 is 0 Å². The first kappa shape index (κ1) is 22.1. The molecule has 8 nitrogen and oxygen atoms in total. The van der Waals surface area contributed by atoms with Crippen LogP contribution in [-0.2, 0) is 4.79 Å². The minimum Gasteiger partial charge on any atom is -0.335 e. The lowest BCUT2D eigenvalue weighted by Crippen LogP contribution is -2.50. The molecule has 4 rings (SSSR count). The summed E-state index contributed by atoms with van der Waals surface area (Å²) in [4.78, 5) is 39.6. The van der Waals surface area contributed by atoms with Crippen molar-refractivity contribution in [2.45, 2.75) is 0 Å². The summed E-state index contributed by atoms with van der Waals surface area (Å²) in [6.45, 7) is 1.84. The summed E-state index contributed by atoms with van der Waals surface area (Å²) in [5.74, 6) is -1.07. The number of nitro groups is 1. The van der Waals surface area contributed by atoms with Crippen LogP contribution >= 0.6 is 22.9 Å². The normalized spacial score (nSPS) is 14.5. The van der Waals surface area contributed by atoms with Gasteiger partial charge in [0, 0.05) is 48.4 Å². The summed E-state index contributed by atoms with van der Waals surface area (Å²) in [5.41, 5.74) is 0.0719. The third kappa shape index (κ3) is 4.57. The minimum atomic E-state index is -0.498. The highest BCUT2D eigenvalue weighted by Gasteiger charge is 2.27. The van der Waals surface area contributed by atoms with Gasteiger partial charge in [0.05, 0.1) is 22.2 Å². The Bertz CT molecular complexity index is 1210. The summed E-state index contributed by atoms with van der Waals surface area (Å²) < 4.78 is 14.3. The van der Waals surface area contributed by atoms with Crippen LogP contribution in [0.3, 0.4) is 0 Å². The van der Waals surface area contributed by atoms with Gasteiger partial charge >= 0.3 is 0 Å². The highest BCUT2D eigenvalue weighted by molar-refractivity contribution is 7.21. The molecule has 0 aliphatic carbocycles. The molecule has 3 aromatic rings. The predicted octanol–water partition coefficient (Wildman–Crippen LogP) is 4.00. The van der Waals surface area contributed by atoms with Gasteiger partial charge in [-0.1, -0.05) is 23.7 Å². The van der Waals surface area contributed by atoms with Crippen LogP contribution in [0.25, 0.3) is 10.1 Å². The maximum atomic E-state index is 13.7. The summed E-state index contributed by atoms with van der Waals surface area (Å²) >= 11 is 7.52. The van der Waals surface area contributed by atoms with E-state index in [2.05, 4.69) is 5.32 Å². The summed E-state index contributed by atoms with van der Waals surface area (Å²) in [6.07, 6.45) is 0. The molecule has 1 fully saturated rings. The number of non-ortho nitro benzene ring substituents is 1. The number of carbonyl (C=O) groups excluding carboxylic acids is 2. The smallest absolute Gasteiger partial charge is 0.270 e. The minimum absolute atomic E-state index is 0.0586. The third-order valence-corrected chi connectivity index (χ3v) is 6.84. The van der Waals surface area contributed by atoms with Gasteiger partial charge in [-0.15, -0.1) is 11.3 Å². The van der Waals surface area contributed by atoms with Gasteiger partial charge in [-0.2, -0.15) is 0 Å². The van der Waals surface area contributed by atoms with E-state index in [1.165, 1.54) is 24.3 Å². The van der Waals surface area contributed by atoms with Gasteiger partial charge in [-0.3, -0.25) is 24.6 Å². The van der Waals surface area contributed by atoms with Crippen LogP contribution in [0.1, 0.15) is 9.67 Å². The van der Waals surface area contributed by atoms with Crippen LogP contribution in [0.15, 0.2) is 42.5 Å². The van der Waals surface area contributed by atoms with Crippen molar-refractivity contribution in [3.05, 3.63) is 68.3 Å². The number of hydrogen-bond donors (Lipinski definition) is 1. The molecule has 0 bridgehead atoms. The Labute approximate surface area is 191 Å². The van der Waals surface area contributed by atoms with Crippen LogP contribution in [0.4, 0.5) is 15.8 Å². The Morgan fingerprint density at radius 3 is 2.56 bits per heavy atom. The second-order valence-corrected chi connectivity index (χ2v) is 8.71. The molecule has 1 aliphatic heterocycles. The highest BCUT2D eigenvalue weighted by Crippen LogP contribution is 2.38. The molecule has 1 aliphatic rings. The first-order valence-corrected chi connectivity index (χ1v) is 11.0. The number of piperazine rings is 1. The molecule has 1 aromatic heterocycles. The van der Waals surface area contributed by atoms with Gasteiger partial charge in [0.15, 0.2) is 0 Å². The topological polar surface area (TPSA) is 95.8 Å². The largest absolute Gasteiger partial charge is 0.335 e. The Morgan fingerprint density at radius 1 is 1.16 bits per heavy atom. The van der Waals surface area contributed by atoms with E-state index in [0.29, 0.717) is 41.1 Å². The molecule has 11 heteroatoms. The first-order valence-electron chi connectivity index (χ1n) is 9.76. The van der Waals surface area contributed by atoms with Gasteiger partial charge < -0.3 is 10.2 Å². The van der Waals surface area contributed by atoms with Crippen molar-refractivity contribution in [2.24, 2.45) is 0 Å². The number of carbonyl (C=O) groups is 2. The van der Waals surface area contributed by atoms with Crippen molar-refractivity contribution >= 4 is 56.2 Å². The lowest BCUT2D eigenvalue weighted by atomic mass is 10.2. The van der Waals surface area contributed by atoms with Gasteiger partial charge in [0.1, 0.15) is 10.7 Å². The Kier molecular flexibility index (Phi) is 6.35. The van der Waals surface area contributed by atoms with Crippen molar-refractivity contribution in [1.82, 2.24) is 9.80 Å². The molecule has 2 amide bonds. The number of thiophene rings is 1. The fourth-order valence-electron chi connectivity index (χ4n) is 3.51. The number of amides is 2. The first-order chi connectivity index (χ1) is 15.3. The average Bonchev–Trinajstić information content (AvgIpc) is 3.11. The van der Waals surface area contributed by atoms with Crippen LogP contribution in [0, 0.1) is 15.9 Å². The molecule has 2 aromatic carbocycles.